The molecule has 7 heteroatoms. The van der Waals surface area contributed by atoms with Crippen LogP contribution in [0, 0.1) is 5.82 Å². The SMILES string of the molecule is CN(C)CCNC(=O)c1cc(NCc2ccccc2F)nc(-c2ccccc2)n1. The van der Waals surface area contributed by atoms with Crippen molar-refractivity contribution in [1.82, 2.24) is 20.2 Å². The molecule has 2 N–H and O–H groups in total. The Labute approximate surface area is 169 Å². The zero-order valence-corrected chi connectivity index (χ0v) is 16.5. The Morgan fingerprint density at radius 1 is 1.03 bits per heavy atom. The molecule has 0 spiro atoms. The lowest BCUT2D eigenvalue weighted by Crippen LogP contribution is -2.32. The van der Waals surface area contributed by atoms with E-state index in [-0.39, 0.29) is 24.0 Å². The third kappa shape index (κ3) is 5.83. The molecular formula is C22H24FN5O. The molecule has 0 bridgehead atoms. The molecule has 29 heavy (non-hydrogen) atoms. The van der Waals surface area contributed by atoms with Crippen molar-refractivity contribution in [3.8, 4) is 11.4 Å². The van der Waals surface area contributed by atoms with Crippen molar-refractivity contribution in [3.63, 3.8) is 0 Å². The van der Waals surface area contributed by atoms with Crippen LogP contribution in [-0.4, -0.2) is 48.0 Å². The van der Waals surface area contributed by atoms with E-state index >= 15 is 0 Å². The molecule has 6 nitrogen and oxygen atoms in total. The van der Waals surface area contributed by atoms with Crippen molar-refractivity contribution in [1.29, 1.82) is 0 Å². The number of halogens is 1. The van der Waals surface area contributed by atoms with E-state index < -0.39 is 0 Å². The van der Waals surface area contributed by atoms with Gasteiger partial charge in [0.05, 0.1) is 0 Å². The second-order valence-corrected chi connectivity index (χ2v) is 6.83. The van der Waals surface area contributed by atoms with Gasteiger partial charge in [0.15, 0.2) is 5.82 Å². The first-order valence-corrected chi connectivity index (χ1v) is 9.37. The number of nitrogens with one attached hydrogen (secondary N) is 2. The second-order valence-electron chi connectivity index (χ2n) is 6.83. The van der Waals surface area contributed by atoms with E-state index in [1.807, 2.05) is 49.3 Å². The van der Waals surface area contributed by atoms with E-state index in [1.54, 1.807) is 24.3 Å². The third-order valence-corrected chi connectivity index (χ3v) is 4.25. The quantitative estimate of drug-likeness (QED) is 0.615. The first-order chi connectivity index (χ1) is 14.0. The monoisotopic (exact) mass is 393 g/mol. The van der Waals surface area contributed by atoms with Crippen LogP contribution in [0.2, 0.25) is 0 Å². The number of likely N-dealkylation sites (N-methyl/N-ethyl adjacent to an activating group) is 1. The van der Waals surface area contributed by atoms with Crippen LogP contribution in [0.3, 0.4) is 0 Å². The van der Waals surface area contributed by atoms with Gasteiger partial charge in [0, 0.05) is 36.8 Å². The van der Waals surface area contributed by atoms with Crippen LogP contribution in [0.4, 0.5) is 10.2 Å². The minimum absolute atomic E-state index is 0.250. The van der Waals surface area contributed by atoms with Crippen LogP contribution in [-0.2, 0) is 6.54 Å². The number of hydrogen-bond donors (Lipinski definition) is 2. The van der Waals surface area contributed by atoms with Crippen LogP contribution in [0.1, 0.15) is 16.1 Å². The molecule has 0 fully saturated rings. The van der Waals surface area contributed by atoms with Gasteiger partial charge in [-0.15, -0.1) is 0 Å². The number of amides is 1. The highest BCUT2D eigenvalue weighted by Crippen LogP contribution is 2.19. The smallest absolute Gasteiger partial charge is 0.270 e. The number of aromatic nitrogens is 2. The standard InChI is InChI=1S/C22H24FN5O/c1-28(2)13-12-24-22(29)19-14-20(25-15-17-10-6-7-11-18(17)23)27-21(26-19)16-8-4-3-5-9-16/h3-11,14H,12-13,15H2,1-2H3,(H,24,29)(H,25,26,27). The minimum Gasteiger partial charge on any atom is -0.366 e. The lowest BCUT2D eigenvalue weighted by atomic mass is 10.2. The molecule has 0 saturated carbocycles. The van der Waals surface area contributed by atoms with Gasteiger partial charge in [0.2, 0.25) is 0 Å². The molecule has 0 unspecified atom stereocenters. The maximum Gasteiger partial charge on any atom is 0.270 e. The molecule has 0 saturated heterocycles. The van der Waals surface area contributed by atoms with E-state index in [1.165, 1.54) is 6.07 Å². The molecule has 2 aromatic carbocycles. The summed E-state index contributed by atoms with van der Waals surface area (Å²) in [6.07, 6.45) is 0. The highest BCUT2D eigenvalue weighted by Gasteiger charge is 2.13. The summed E-state index contributed by atoms with van der Waals surface area (Å²) in [7, 11) is 3.88. The van der Waals surface area contributed by atoms with Crippen molar-refractivity contribution in [3.05, 3.63) is 77.7 Å². The van der Waals surface area contributed by atoms with Gasteiger partial charge in [0.1, 0.15) is 17.3 Å². The minimum atomic E-state index is -0.293. The first-order valence-electron chi connectivity index (χ1n) is 9.37. The highest BCUT2D eigenvalue weighted by atomic mass is 19.1. The Bertz CT molecular complexity index is 962. The summed E-state index contributed by atoms with van der Waals surface area (Å²) in [4.78, 5) is 23.5. The summed E-state index contributed by atoms with van der Waals surface area (Å²) in [6, 6.07) is 17.5. The molecule has 0 aliphatic carbocycles. The summed E-state index contributed by atoms with van der Waals surface area (Å²) in [5, 5.41) is 5.96. The van der Waals surface area contributed by atoms with E-state index in [0.29, 0.717) is 23.8 Å². The van der Waals surface area contributed by atoms with Gasteiger partial charge < -0.3 is 15.5 Å². The lowest BCUT2D eigenvalue weighted by Gasteiger charge is -2.12. The van der Waals surface area contributed by atoms with Crippen molar-refractivity contribution < 1.29 is 9.18 Å². The number of anilines is 1. The molecule has 1 aromatic heterocycles. The topological polar surface area (TPSA) is 70.2 Å². The molecule has 0 atom stereocenters. The number of rotatable bonds is 8. The van der Waals surface area contributed by atoms with Gasteiger partial charge in [-0.2, -0.15) is 0 Å². The third-order valence-electron chi connectivity index (χ3n) is 4.25. The highest BCUT2D eigenvalue weighted by molar-refractivity contribution is 5.93. The largest absolute Gasteiger partial charge is 0.366 e. The van der Waals surface area contributed by atoms with Crippen LogP contribution in [0.15, 0.2) is 60.7 Å². The van der Waals surface area contributed by atoms with E-state index in [2.05, 4.69) is 20.6 Å². The van der Waals surface area contributed by atoms with Crippen LogP contribution >= 0.6 is 0 Å². The molecule has 1 amide bonds. The molecule has 150 valence electrons. The van der Waals surface area contributed by atoms with Crippen molar-refractivity contribution in [2.45, 2.75) is 6.54 Å². The van der Waals surface area contributed by atoms with Crippen LogP contribution < -0.4 is 10.6 Å². The maximum absolute atomic E-state index is 13.9. The number of benzene rings is 2. The zero-order chi connectivity index (χ0) is 20.6. The number of carbonyl (C=O) groups is 1. The first kappa shape index (κ1) is 20.4. The fourth-order valence-electron chi connectivity index (χ4n) is 2.68. The number of nitrogens with zero attached hydrogens (tertiary/aromatic N) is 3. The number of hydrogen-bond acceptors (Lipinski definition) is 5. The second kappa shape index (κ2) is 9.75. The molecular weight excluding hydrogens is 369 g/mol. The van der Waals surface area contributed by atoms with E-state index in [4.69, 9.17) is 0 Å². The van der Waals surface area contributed by atoms with Gasteiger partial charge in [0.25, 0.3) is 5.91 Å². The van der Waals surface area contributed by atoms with Gasteiger partial charge in [-0.1, -0.05) is 48.5 Å². The fourth-order valence-corrected chi connectivity index (χ4v) is 2.68. The summed E-state index contributed by atoms with van der Waals surface area (Å²) < 4.78 is 13.9. The van der Waals surface area contributed by atoms with E-state index in [9.17, 15) is 9.18 Å². The molecule has 3 aromatic rings. The Kier molecular flexibility index (Phi) is 6.86. The van der Waals surface area contributed by atoms with Gasteiger partial charge in [-0.25, -0.2) is 14.4 Å². The predicted octanol–water partition coefficient (Wildman–Crippen LogP) is 3.19. The average molecular weight is 393 g/mol. The van der Waals surface area contributed by atoms with E-state index in [0.717, 1.165) is 12.1 Å². The van der Waals surface area contributed by atoms with Crippen LogP contribution in [0.5, 0.6) is 0 Å². The fraction of sp³-hybridized carbons (Fsp3) is 0.227. The van der Waals surface area contributed by atoms with Gasteiger partial charge >= 0.3 is 0 Å². The zero-order valence-electron chi connectivity index (χ0n) is 16.5. The normalized spacial score (nSPS) is 10.8. The summed E-state index contributed by atoms with van der Waals surface area (Å²) in [5.41, 5.74) is 1.57. The predicted molar refractivity (Wildman–Crippen MR) is 112 cm³/mol. The molecule has 3 rings (SSSR count). The Morgan fingerprint density at radius 2 is 1.76 bits per heavy atom. The Hall–Kier alpha value is -3.32. The molecule has 0 aliphatic rings. The maximum atomic E-state index is 13.9. The summed E-state index contributed by atoms with van der Waals surface area (Å²) >= 11 is 0. The van der Waals surface area contributed by atoms with Gasteiger partial charge in [-0.05, 0) is 20.2 Å². The van der Waals surface area contributed by atoms with Crippen molar-refractivity contribution in [2.24, 2.45) is 0 Å². The summed E-state index contributed by atoms with van der Waals surface area (Å²) in [6.45, 7) is 1.48. The molecule has 0 radical (unpaired) electrons. The van der Waals surface area contributed by atoms with Crippen molar-refractivity contribution >= 4 is 11.7 Å². The molecule has 0 aliphatic heterocycles. The molecule has 1 heterocycles. The number of carbonyl (C=O) groups excluding carboxylic acids is 1. The average Bonchev–Trinajstić information content (AvgIpc) is 2.73. The van der Waals surface area contributed by atoms with Crippen LogP contribution in [0.25, 0.3) is 11.4 Å². The lowest BCUT2D eigenvalue weighted by molar-refractivity contribution is 0.0946. The van der Waals surface area contributed by atoms with Gasteiger partial charge in [-0.3, -0.25) is 4.79 Å². The Morgan fingerprint density at radius 3 is 2.48 bits per heavy atom. The van der Waals surface area contributed by atoms with Crippen molar-refractivity contribution in [2.75, 3.05) is 32.5 Å². The Balaban J connectivity index is 1.84. The summed E-state index contributed by atoms with van der Waals surface area (Å²) in [5.74, 6) is 0.320.